The van der Waals surface area contributed by atoms with Gasteiger partial charge in [-0.1, -0.05) is 24.3 Å². The smallest absolute Gasteiger partial charge is 0.317 e. The highest BCUT2D eigenvalue weighted by atomic mass is 16.6. The van der Waals surface area contributed by atoms with Crippen molar-refractivity contribution in [1.82, 2.24) is 4.98 Å². The quantitative estimate of drug-likeness (QED) is 0.681. The average Bonchev–Trinajstić information content (AvgIpc) is 2.42. The van der Waals surface area contributed by atoms with Crippen LogP contribution < -0.4 is 9.47 Å². The second-order valence-electron chi connectivity index (χ2n) is 4.42. The van der Waals surface area contributed by atoms with Crippen molar-refractivity contribution in [3.8, 4) is 11.6 Å². The SMILES string of the molecule is O=C1Cc2ccc(cc2)CC(=O)Oc2ncccc2O1. The van der Waals surface area contributed by atoms with Crippen LogP contribution in [-0.4, -0.2) is 16.9 Å². The van der Waals surface area contributed by atoms with Crippen molar-refractivity contribution in [3.05, 3.63) is 53.7 Å². The number of hydrogen-bond acceptors (Lipinski definition) is 5. The molecule has 100 valence electrons. The normalized spacial score (nSPS) is 14.6. The number of aromatic nitrogens is 1. The predicted octanol–water partition coefficient (Wildman–Crippen LogP) is 1.69. The number of benzene rings is 1. The number of esters is 2. The second kappa shape index (κ2) is 5.13. The van der Waals surface area contributed by atoms with E-state index in [2.05, 4.69) is 4.98 Å². The summed E-state index contributed by atoms with van der Waals surface area (Å²) < 4.78 is 10.3. The van der Waals surface area contributed by atoms with Crippen molar-refractivity contribution in [3.63, 3.8) is 0 Å². The fraction of sp³-hybridized carbons (Fsp3) is 0.133. The van der Waals surface area contributed by atoms with Crippen LogP contribution >= 0.6 is 0 Å². The van der Waals surface area contributed by atoms with Gasteiger partial charge in [0.15, 0.2) is 5.75 Å². The van der Waals surface area contributed by atoms with Crippen LogP contribution in [0, 0.1) is 0 Å². The van der Waals surface area contributed by atoms with Gasteiger partial charge >= 0.3 is 11.9 Å². The molecule has 1 aromatic heterocycles. The summed E-state index contributed by atoms with van der Waals surface area (Å²) in [4.78, 5) is 27.6. The van der Waals surface area contributed by atoms with Gasteiger partial charge in [0.1, 0.15) is 0 Å². The summed E-state index contributed by atoms with van der Waals surface area (Å²) in [5.41, 5.74) is 1.66. The van der Waals surface area contributed by atoms with Gasteiger partial charge in [0.2, 0.25) is 0 Å². The molecule has 0 saturated carbocycles. The fourth-order valence-electron chi connectivity index (χ4n) is 1.94. The number of hydrogen-bond donors (Lipinski definition) is 0. The maximum Gasteiger partial charge on any atom is 0.317 e. The Bertz CT molecular complexity index is 606. The lowest BCUT2D eigenvalue weighted by atomic mass is 10.1. The molecule has 2 aliphatic heterocycles. The summed E-state index contributed by atoms with van der Waals surface area (Å²) in [6.07, 6.45) is 1.77. The van der Waals surface area contributed by atoms with E-state index in [4.69, 9.17) is 9.47 Å². The van der Waals surface area contributed by atoms with Gasteiger partial charge in [-0.05, 0) is 23.3 Å². The first kappa shape index (κ1) is 12.3. The minimum absolute atomic E-state index is 0.0147. The number of carbonyl (C=O) groups is 2. The molecule has 2 aromatic rings. The van der Waals surface area contributed by atoms with Gasteiger partial charge in [0, 0.05) is 6.20 Å². The molecule has 3 heterocycles. The number of rotatable bonds is 0. The first-order valence-corrected chi connectivity index (χ1v) is 6.15. The Labute approximate surface area is 115 Å². The van der Waals surface area contributed by atoms with Crippen molar-refractivity contribution in [1.29, 1.82) is 0 Å². The zero-order valence-electron chi connectivity index (χ0n) is 10.5. The molecule has 0 fully saturated rings. The van der Waals surface area contributed by atoms with E-state index in [9.17, 15) is 9.59 Å². The highest BCUT2D eigenvalue weighted by molar-refractivity contribution is 5.78. The van der Waals surface area contributed by atoms with E-state index >= 15 is 0 Å². The Morgan fingerprint density at radius 2 is 1.45 bits per heavy atom. The van der Waals surface area contributed by atoms with Crippen LogP contribution in [0.2, 0.25) is 0 Å². The average molecular weight is 269 g/mol. The summed E-state index contributed by atoms with van der Waals surface area (Å²) in [5, 5.41) is 0. The third-order valence-electron chi connectivity index (χ3n) is 2.89. The molecule has 5 nitrogen and oxygen atoms in total. The molecular formula is C15H11NO4. The van der Waals surface area contributed by atoms with Crippen LogP contribution in [0.3, 0.4) is 0 Å². The molecular weight excluding hydrogens is 258 g/mol. The van der Waals surface area contributed by atoms with E-state index in [1.54, 1.807) is 36.4 Å². The highest BCUT2D eigenvalue weighted by Crippen LogP contribution is 2.25. The third-order valence-corrected chi connectivity index (χ3v) is 2.89. The summed E-state index contributed by atoms with van der Waals surface area (Å²) in [6.45, 7) is 0. The van der Waals surface area contributed by atoms with Gasteiger partial charge in [-0.3, -0.25) is 9.59 Å². The summed E-state index contributed by atoms with van der Waals surface area (Å²) in [6, 6.07) is 10.3. The van der Waals surface area contributed by atoms with Crippen LogP contribution in [0.5, 0.6) is 11.6 Å². The first-order valence-electron chi connectivity index (χ1n) is 6.15. The topological polar surface area (TPSA) is 65.5 Å². The summed E-state index contributed by atoms with van der Waals surface area (Å²) >= 11 is 0. The zero-order valence-corrected chi connectivity index (χ0v) is 10.5. The lowest BCUT2D eigenvalue weighted by Crippen LogP contribution is -2.17. The van der Waals surface area contributed by atoms with Gasteiger partial charge in [-0.2, -0.15) is 0 Å². The van der Waals surface area contributed by atoms with Crippen molar-refractivity contribution in [2.75, 3.05) is 0 Å². The van der Waals surface area contributed by atoms with Crippen molar-refractivity contribution >= 4 is 11.9 Å². The molecule has 2 bridgehead atoms. The van der Waals surface area contributed by atoms with Crippen LogP contribution in [0.15, 0.2) is 42.6 Å². The van der Waals surface area contributed by atoms with Gasteiger partial charge in [-0.15, -0.1) is 0 Å². The third kappa shape index (κ3) is 2.66. The summed E-state index contributed by atoms with van der Waals surface area (Å²) in [5.74, 6) is -0.709. The van der Waals surface area contributed by atoms with E-state index in [0.29, 0.717) is 0 Å². The van der Waals surface area contributed by atoms with Crippen LogP contribution in [0.25, 0.3) is 0 Å². The molecule has 4 rings (SSSR count). The standard InChI is InChI=1S/C15H11NO4/c17-13-8-10-3-5-11(6-4-10)9-14(18)20-15-12(19-13)2-1-7-16-15/h1-7H,8-9H2. The van der Waals surface area contributed by atoms with E-state index in [-0.39, 0.29) is 24.5 Å². The van der Waals surface area contributed by atoms with Crippen molar-refractivity contribution in [2.24, 2.45) is 0 Å². The van der Waals surface area contributed by atoms with Gasteiger partial charge in [-0.25, -0.2) is 4.98 Å². The fourth-order valence-corrected chi connectivity index (χ4v) is 1.94. The van der Waals surface area contributed by atoms with E-state index in [0.717, 1.165) is 11.1 Å². The maximum atomic E-state index is 11.8. The molecule has 5 heteroatoms. The molecule has 0 unspecified atom stereocenters. The molecule has 0 aliphatic carbocycles. The Kier molecular flexibility index (Phi) is 3.16. The second-order valence-corrected chi connectivity index (χ2v) is 4.42. The Morgan fingerprint density at radius 3 is 2.10 bits per heavy atom. The van der Waals surface area contributed by atoms with Gasteiger partial charge in [0.05, 0.1) is 12.8 Å². The zero-order chi connectivity index (χ0) is 13.9. The number of fused-ring (bicyclic) bond motifs is 6. The number of ether oxygens (including phenoxy) is 2. The molecule has 0 amide bonds. The van der Waals surface area contributed by atoms with Crippen molar-refractivity contribution < 1.29 is 19.1 Å². The summed E-state index contributed by atoms with van der Waals surface area (Å²) in [7, 11) is 0. The lowest BCUT2D eigenvalue weighted by Gasteiger charge is -2.11. The van der Waals surface area contributed by atoms with Gasteiger partial charge < -0.3 is 9.47 Å². The largest absolute Gasteiger partial charge is 0.420 e. The van der Waals surface area contributed by atoms with Crippen molar-refractivity contribution in [2.45, 2.75) is 12.8 Å². The Hall–Kier alpha value is -2.69. The molecule has 0 N–H and O–H groups in total. The number of carbonyl (C=O) groups excluding carboxylic acids is 2. The lowest BCUT2D eigenvalue weighted by molar-refractivity contribution is -0.136. The van der Waals surface area contributed by atoms with Crippen LogP contribution in [0.4, 0.5) is 0 Å². The Balaban J connectivity index is 1.99. The van der Waals surface area contributed by atoms with E-state index in [1.165, 1.54) is 6.20 Å². The van der Waals surface area contributed by atoms with Crippen LogP contribution in [0.1, 0.15) is 11.1 Å². The molecule has 1 aromatic carbocycles. The predicted molar refractivity (Wildman–Crippen MR) is 69.4 cm³/mol. The number of nitrogens with zero attached hydrogens (tertiary/aromatic N) is 1. The highest BCUT2D eigenvalue weighted by Gasteiger charge is 2.17. The van der Waals surface area contributed by atoms with Gasteiger partial charge in [0.25, 0.3) is 5.88 Å². The van der Waals surface area contributed by atoms with Crippen LogP contribution in [-0.2, 0) is 22.4 Å². The monoisotopic (exact) mass is 269 g/mol. The molecule has 0 spiro atoms. The minimum Gasteiger partial charge on any atom is -0.420 e. The molecule has 0 atom stereocenters. The molecule has 2 aliphatic rings. The number of pyridine rings is 1. The minimum atomic E-state index is -0.450. The van der Waals surface area contributed by atoms with E-state index < -0.39 is 11.9 Å². The van der Waals surface area contributed by atoms with E-state index in [1.807, 2.05) is 0 Å². The first-order chi connectivity index (χ1) is 9.70. The molecule has 0 radical (unpaired) electrons. The molecule has 0 saturated heterocycles. The maximum absolute atomic E-state index is 11.8. The molecule has 20 heavy (non-hydrogen) atoms. The Morgan fingerprint density at radius 1 is 0.850 bits per heavy atom.